The molecule has 0 radical (unpaired) electrons. The maximum atomic E-state index is 6.55. The Labute approximate surface area is 319 Å². The van der Waals surface area contributed by atoms with Gasteiger partial charge in [-0.05, 0) is 92.3 Å². The van der Waals surface area contributed by atoms with Crippen molar-refractivity contribution in [1.82, 2.24) is 42.5 Å². The highest BCUT2D eigenvalue weighted by molar-refractivity contribution is 6.29. The summed E-state index contributed by atoms with van der Waals surface area (Å²) in [5.74, 6) is 5.40. The van der Waals surface area contributed by atoms with Gasteiger partial charge >= 0.3 is 15.6 Å². The van der Waals surface area contributed by atoms with Crippen molar-refractivity contribution < 1.29 is 18.0 Å². The van der Waals surface area contributed by atoms with Crippen molar-refractivity contribution in [3.05, 3.63) is 0 Å². The highest BCUT2D eigenvalue weighted by Gasteiger charge is 2.55. The minimum absolute atomic E-state index is 0.297. The van der Waals surface area contributed by atoms with E-state index in [9.17, 15) is 0 Å². The third-order valence-corrected chi connectivity index (χ3v) is 17.4. The Hall–Kier alpha value is 0.0525. The van der Waals surface area contributed by atoms with Gasteiger partial charge in [0.05, 0.1) is 82.4 Å². The van der Waals surface area contributed by atoms with Crippen LogP contribution in [-0.2, 0) is 18.0 Å². The van der Waals surface area contributed by atoms with Gasteiger partial charge < -0.3 is 18.0 Å². The molecule has 9 aliphatic rings. The number of rotatable bonds is 11. The summed E-state index contributed by atoms with van der Waals surface area (Å²) in [4.78, 5) is 0. The maximum absolute atomic E-state index is 6.55. The number of ether oxygens (including phenoxy) is 3. The first-order valence-corrected chi connectivity index (χ1v) is 23.4. The molecule has 17 atom stereocenters. The molecule has 12 nitrogen and oxygen atoms in total. The average Bonchev–Trinajstić information content (AvgIpc) is 3.91. The monoisotopic (exact) mass is 743 g/mol. The Morgan fingerprint density at radius 2 is 0.731 bits per heavy atom. The third kappa shape index (κ3) is 7.95. The Morgan fingerprint density at radius 3 is 1.15 bits per heavy atom. The van der Waals surface area contributed by atoms with Gasteiger partial charge in [-0.25, -0.2) is 0 Å². The molecule has 8 bridgehead atoms. The lowest BCUT2D eigenvalue weighted by molar-refractivity contribution is 0.0178. The number of fused-ring (bicyclic) bond motifs is 20. The van der Waals surface area contributed by atoms with Crippen molar-refractivity contribution in [2.24, 2.45) is 47.3 Å². The van der Waals surface area contributed by atoms with Crippen molar-refractivity contribution in [2.75, 3.05) is 46.8 Å². The molecule has 13 heteroatoms. The summed E-state index contributed by atoms with van der Waals surface area (Å²) < 4.78 is 23.7. The molecule has 0 aromatic heterocycles. The smallest absolute Gasteiger partial charge is 0.439 e. The second-order valence-corrected chi connectivity index (χ2v) is 20.0. The van der Waals surface area contributed by atoms with Crippen LogP contribution in [0.25, 0.3) is 0 Å². The molecular weight excluding hydrogens is 671 g/mol. The number of nitrogens with one attached hydrogen (secondary N) is 8. The molecule has 17 unspecified atom stereocenters. The van der Waals surface area contributed by atoms with Crippen molar-refractivity contribution >= 4 is 15.6 Å². The number of hydrogen-bond donors (Lipinski definition) is 8. The van der Waals surface area contributed by atoms with E-state index in [0.29, 0.717) is 141 Å². The van der Waals surface area contributed by atoms with Crippen LogP contribution in [0.5, 0.6) is 0 Å². The van der Waals surface area contributed by atoms with Gasteiger partial charge in [-0.1, -0.05) is 56.1 Å². The molecule has 0 amide bonds. The van der Waals surface area contributed by atoms with Gasteiger partial charge in [0.15, 0.2) is 0 Å². The summed E-state index contributed by atoms with van der Waals surface area (Å²) in [7, 11) is 1.70. The minimum atomic E-state index is -0.727. The second-order valence-electron chi connectivity index (χ2n) is 18.2. The van der Waals surface area contributed by atoms with Gasteiger partial charge in [0.1, 0.15) is 0 Å². The van der Waals surface area contributed by atoms with Gasteiger partial charge in [-0.15, -0.1) is 0 Å². The Kier molecular flexibility index (Phi) is 12.8. The quantitative estimate of drug-likeness (QED) is 0.117. The molecule has 4 aliphatic carbocycles. The first-order valence-electron chi connectivity index (χ1n) is 22.1. The molecule has 0 spiro atoms. The van der Waals surface area contributed by atoms with Gasteiger partial charge in [0.2, 0.25) is 0 Å². The molecule has 9 fully saturated rings. The molecule has 0 aromatic carbocycles. The summed E-state index contributed by atoms with van der Waals surface area (Å²) in [6.07, 6.45) is 23.0. The molecule has 5 heterocycles. The highest BCUT2D eigenvalue weighted by atomic mass is 27.1. The van der Waals surface area contributed by atoms with Crippen LogP contribution in [0.1, 0.15) is 96.3 Å². The second kappa shape index (κ2) is 17.7. The summed E-state index contributed by atoms with van der Waals surface area (Å²) in [6, 6.07) is 0. The van der Waals surface area contributed by atoms with Crippen LogP contribution in [0, 0.1) is 47.3 Å². The number of hydrogen-bond acceptors (Lipinski definition) is 12. The molecule has 0 aromatic rings. The van der Waals surface area contributed by atoms with Crippen LogP contribution in [-0.4, -0.2) is 112 Å². The molecular formula is C39H71AlN8O4. The van der Waals surface area contributed by atoms with Crippen LogP contribution >= 0.6 is 0 Å². The predicted octanol–water partition coefficient (Wildman–Crippen LogP) is 2.05. The van der Waals surface area contributed by atoms with Gasteiger partial charge in [-0.2, -0.15) is 0 Å². The SMILES string of the molecule is COCCOCCOCC[O][AlH][CH]1CCCC2C3NC4NC(NC5NC(NC6NC(NC(N3)C12)C1CCCCC61)C1CCCCC51)C1CCCCC41. The summed E-state index contributed by atoms with van der Waals surface area (Å²) >= 11 is -0.727. The summed E-state index contributed by atoms with van der Waals surface area (Å²) in [5, 5.41) is 34.2. The molecule has 52 heavy (non-hydrogen) atoms. The Morgan fingerprint density at radius 1 is 0.385 bits per heavy atom. The lowest BCUT2D eigenvalue weighted by Crippen LogP contribution is -2.61. The van der Waals surface area contributed by atoms with E-state index < -0.39 is 15.6 Å². The van der Waals surface area contributed by atoms with E-state index in [0.717, 1.165) is 0 Å². The standard InChI is InChI=1S/C32H55N8.C7H15O4.Al.H/c1-2-10-18-17(9-1)25-33-26(18)38-28-21-13-5-6-14-22(21)30(35-28)40-32-24-16-8-7-15-23(24)31(36-32)39-29-20-12-4-3-11-19(20)27(34-29)37-25;1-9-4-5-11-7-6-10-3-2-8;;/h9,17-40H,1-8,10-16H2;2-7H2,1H3;;/q;-1;+1;. The molecule has 4 saturated carbocycles. The highest BCUT2D eigenvalue weighted by Crippen LogP contribution is 2.48. The number of methoxy groups -OCH3 is 1. The Bertz CT molecular complexity index is 1150. The lowest BCUT2D eigenvalue weighted by atomic mass is 9.76. The minimum Gasteiger partial charge on any atom is -0.501 e. The zero-order valence-electron chi connectivity index (χ0n) is 32.0. The zero-order valence-corrected chi connectivity index (χ0v) is 33.4. The van der Waals surface area contributed by atoms with E-state index >= 15 is 0 Å². The van der Waals surface area contributed by atoms with Crippen LogP contribution in [0.15, 0.2) is 0 Å². The van der Waals surface area contributed by atoms with Crippen molar-refractivity contribution in [3.8, 4) is 0 Å². The summed E-state index contributed by atoms with van der Waals surface area (Å²) in [6.45, 7) is 3.83. The van der Waals surface area contributed by atoms with Crippen LogP contribution in [0.2, 0.25) is 4.78 Å². The van der Waals surface area contributed by atoms with Gasteiger partial charge in [-0.3, -0.25) is 42.5 Å². The topological polar surface area (TPSA) is 133 Å². The first-order chi connectivity index (χ1) is 25.7. The van der Waals surface area contributed by atoms with Crippen LogP contribution < -0.4 is 42.5 Å². The fourth-order valence-corrected chi connectivity index (χ4v) is 15.1. The van der Waals surface area contributed by atoms with Crippen molar-refractivity contribution in [3.63, 3.8) is 0 Å². The normalized spacial score (nSPS) is 48.4. The van der Waals surface area contributed by atoms with Gasteiger partial charge in [0.25, 0.3) is 0 Å². The van der Waals surface area contributed by atoms with E-state index in [4.69, 9.17) is 18.0 Å². The molecule has 5 aliphatic heterocycles. The molecule has 9 rings (SSSR count). The first kappa shape index (κ1) is 37.6. The summed E-state index contributed by atoms with van der Waals surface area (Å²) in [5.41, 5.74) is 0. The molecule has 294 valence electrons. The molecule has 5 saturated heterocycles. The van der Waals surface area contributed by atoms with Crippen molar-refractivity contribution in [1.29, 1.82) is 0 Å². The van der Waals surface area contributed by atoms with Crippen molar-refractivity contribution in [2.45, 2.75) is 150 Å². The van der Waals surface area contributed by atoms with E-state index in [1.54, 1.807) is 7.11 Å². The Balaban J connectivity index is 0.931. The van der Waals surface area contributed by atoms with E-state index in [1.165, 1.54) is 96.3 Å². The van der Waals surface area contributed by atoms with Gasteiger partial charge in [0, 0.05) is 13.7 Å². The van der Waals surface area contributed by atoms with E-state index in [2.05, 4.69) is 42.5 Å². The van der Waals surface area contributed by atoms with Crippen LogP contribution in [0.4, 0.5) is 0 Å². The molecule has 8 N–H and O–H groups in total. The largest absolute Gasteiger partial charge is 0.501 e. The predicted molar refractivity (Wildman–Crippen MR) is 203 cm³/mol. The fourth-order valence-electron chi connectivity index (χ4n) is 13.2. The lowest BCUT2D eigenvalue weighted by Gasteiger charge is -2.39. The third-order valence-electron chi connectivity index (χ3n) is 15.5. The van der Waals surface area contributed by atoms with E-state index in [1.807, 2.05) is 0 Å². The maximum Gasteiger partial charge on any atom is 0.439 e. The van der Waals surface area contributed by atoms with E-state index in [-0.39, 0.29) is 0 Å². The fraction of sp³-hybridized carbons (Fsp3) is 1.00. The zero-order chi connectivity index (χ0) is 34.9. The van der Waals surface area contributed by atoms with Crippen LogP contribution in [0.3, 0.4) is 0 Å². The average molecular weight is 743 g/mol.